The van der Waals surface area contributed by atoms with E-state index in [4.69, 9.17) is 0 Å². The lowest BCUT2D eigenvalue weighted by Crippen LogP contribution is -2.46. The molecule has 0 unspecified atom stereocenters. The summed E-state index contributed by atoms with van der Waals surface area (Å²) in [6, 6.07) is 7.25. The molecular weight excluding hydrogens is 548 g/mol. The number of hydrogen-bond acceptors (Lipinski definition) is 6. The lowest BCUT2D eigenvalue weighted by molar-refractivity contribution is -0.138. The van der Waals surface area contributed by atoms with Gasteiger partial charge in [0, 0.05) is 10.9 Å². The maximum absolute atomic E-state index is 13.4. The normalized spacial score (nSPS) is 16.3. The molecule has 0 spiro atoms. The molecule has 14 heteroatoms. The first-order chi connectivity index (χ1) is 17.5. The van der Waals surface area contributed by atoms with E-state index in [0.29, 0.717) is 39.2 Å². The van der Waals surface area contributed by atoms with E-state index in [9.17, 15) is 35.6 Å². The van der Waals surface area contributed by atoms with Crippen LogP contribution in [0.15, 0.2) is 47.5 Å². The minimum absolute atomic E-state index is 0.0221. The first-order valence-electron chi connectivity index (χ1n) is 11.1. The van der Waals surface area contributed by atoms with Crippen LogP contribution in [0.3, 0.4) is 0 Å². The Hall–Kier alpha value is -3.23. The van der Waals surface area contributed by atoms with Gasteiger partial charge in [0.1, 0.15) is 11.7 Å². The van der Waals surface area contributed by atoms with Gasteiger partial charge in [-0.05, 0) is 74.0 Å². The molecule has 2 amide bonds. The average molecular weight is 571 g/mol. The zero-order chi connectivity index (χ0) is 28.0. The number of nitrogens with zero attached hydrogens (tertiary/aromatic N) is 3. The average Bonchev–Trinajstić information content (AvgIpc) is 3.28. The van der Waals surface area contributed by atoms with Gasteiger partial charge in [0.15, 0.2) is 0 Å². The molecule has 1 saturated heterocycles. The topological polar surface area (TPSA) is 101 Å². The number of fused-ring (bicyclic) bond motifs is 1. The zero-order valence-electron chi connectivity index (χ0n) is 20.3. The lowest BCUT2D eigenvalue weighted by atomic mass is 10.1. The zero-order valence-corrected chi connectivity index (χ0v) is 22.0. The van der Waals surface area contributed by atoms with Crippen molar-refractivity contribution in [1.29, 1.82) is 0 Å². The van der Waals surface area contributed by atoms with E-state index in [1.54, 1.807) is 39.0 Å². The molecule has 3 aromatic rings. The second kappa shape index (κ2) is 9.82. The number of alkyl halides is 3. The second-order valence-corrected chi connectivity index (χ2v) is 12.3. The van der Waals surface area contributed by atoms with Gasteiger partial charge in [-0.3, -0.25) is 19.2 Å². The smallest absolute Gasteiger partial charge is 0.268 e. The van der Waals surface area contributed by atoms with Crippen LogP contribution in [-0.2, 0) is 27.5 Å². The van der Waals surface area contributed by atoms with E-state index in [-0.39, 0.29) is 17.0 Å². The molecule has 0 saturated carbocycles. The maximum atomic E-state index is 13.4. The van der Waals surface area contributed by atoms with Gasteiger partial charge in [-0.25, -0.2) is 17.5 Å². The van der Waals surface area contributed by atoms with E-state index < -0.39 is 50.1 Å². The molecule has 1 fully saturated rings. The van der Waals surface area contributed by atoms with Crippen molar-refractivity contribution in [2.45, 2.75) is 39.0 Å². The van der Waals surface area contributed by atoms with Crippen molar-refractivity contribution in [2.24, 2.45) is 0 Å². The van der Waals surface area contributed by atoms with Gasteiger partial charge in [-0.15, -0.1) is 0 Å². The van der Waals surface area contributed by atoms with E-state index in [2.05, 4.69) is 9.82 Å². The predicted octanol–water partition coefficient (Wildman–Crippen LogP) is 4.95. The highest BCUT2D eigenvalue weighted by Gasteiger charge is 2.38. The number of benzene rings is 2. The molecule has 0 atom stereocenters. The van der Waals surface area contributed by atoms with Crippen LogP contribution in [0.4, 0.5) is 22.4 Å². The molecular formula is C24H22F4N4O4S2. The van der Waals surface area contributed by atoms with E-state index in [0.717, 1.165) is 12.1 Å². The number of halogens is 4. The Kier molecular flexibility index (Phi) is 7.18. The molecule has 1 N–H and O–H groups in total. The Morgan fingerprint density at radius 3 is 2.45 bits per heavy atom. The van der Waals surface area contributed by atoms with E-state index in [1.807, 2.05) is 0 Å². The Bertz CT molecular complexity index is 1570. The number of carbonyl (C=O) groups excluding carboxylic acids is 2. The predicted molar refractivity (Wildman–Crippen MR) is 135 cm³/mol. The van der Waals surface area contributed by atoms with Crippen LogP contribution in [0.25, 0.3) is 17.0 Å². The molecule has 38 heavy (non-hydrogen) atoms. The molecule has 202 valence electrons. The van der Waals surface area contributed by atoms with Crippen LogP contribution in [0.1, 0.15) is 37.5 Å². The largest absolute Gasteiger partial charge is 0.416 e. The van der Waals surface area contributed by atoms with Crippen molar-refractivity contribution in [2.75, 3.05) is 5.88 Å². The first-order valence-corrected chi connectivity index (χ1v) is 13.6. The summed E-state index contributed by atoms with van der Waals surface area (Å²) in [6.45, 7) is 4.64. The monoisotopic (exact) mass is 570 g/mol. The number of aromatic nitrogens is 2. The number of sulfonamides is 1. The van der Waals surface area contributed by atoms with Crippen LogP contribution in [-0.4, -0.2) is 45.7 Å². The third-order valence-electron chi connectivity index (χ3n) is 5.30. The number of hydrogen-bond donors (Lipinski definition) is 1. The molecule has 1 aliphatic rings. The highest BCUT2D eigenvalue weighted by atomic mass is 32.2. The third kappa shape index (κ3) is 6.25. The van der Waals surface area contributed by atoms with Crippen LogP contribution >= 0.6 is 11.8 Å². The van der Waals surface area contributed by atoms with Gasteiger partial charge in [0.2, 0.25) is 10.0 Å². The number of carbonyl (C=O) groups is 2. The van der Waals surface area contributed by atoms with Gasteiger partial charge in [0.05, 0.1) is 28.7 Å². The summed E-state index contributed by atoms with van der Waals surface area (Å²) >= 11 is 0.601. The Morgan fingerprint density at radius 1 is 1.08 bits per heavy atom. The van der Waals surface area contributed by atoms with Gasteiger partial charge in [-0.1, -0.05) is 12.1 Å². The third-order valence-corrected chi connectivity index (χ3v) is 7.72. The van der Waals surface area contributed by atoms with Gasteiger partial charge < -0.3 is 0 Å². The summed E-state index contributed by atoms with van der Waals surface area (Å²) in [5, 5.41) is 3.96. The summed E-state index contributed by atoms with van der Waals surface area (Å²) in [7, 11) is -3.96. The highest BCUT2D eigenvalue weighted by Crippen LogP contribution is 2.34. The number of imide groups is 1. The van der Waals surface area contributed by atoms with Gasteiger partial charge in [-0.2, -0.15) is 18.3 Å². The maximum Gasteiger partial charge on any atom is 0.416 e. The van der Waals surface area contributed by atoms with Crippen molar-refractivity contribution in [3.8, 4) is 0 Å². The van der Waals surface area contributed by atoms with Crippen molar-refractivity contribution < 1.29 is 35.6 Å². The molecule has 2 heterocycles. The van der Waals surface area contributed by atoms with E-state index in [1.165, 1.54) is 17.0 Å². The van der Waals surface area contributed by atoms with Gasteiger partial charge in [0.25, 0.3) is 11.1 Å². The summed E-state index contributed by atoms with van der Waals surface area (Å²) < 4.78 is 82.0. The van der Waals surface area contributed by atoms with Crippen molar-refractivity contribution >= 4 is 49.9 Å². The first kappa shape index (κ1) is 27.8. The second-order valence-electron chi connectivity index (χ2n) is 9.63. The van der Waals surface area contributed by atoms with Crippen molar-refractivity contribution in [3.05, 3.63) is 70.0 Å². The number of amides is 2. The Labute approximate surface area is 219 Å². The molecule has 1 aromatic heterocycles. The number of thioether (sulfide) groups is 1. The SMILES string of the molecule is CC(C)(C)NS(=O)(=O)CN1C(=O)S/C(=C\c2ccc3c(cnn3Cc3ccc(F)cc3C(F)(F)F)c2)C1=O. The van der Waals surface area contributed by atoms with Crippen molar-refractivity contribution in [1.82, 2.24) is 19.4 Å². The lowest BCUT2D eigenvalue weighted by Gasteiger charge is -2.22. The Morgan fingerprint density at radius 2 is 1.79 bits per heavy atom. The summed E-state index contributed by atoms with van der Waals surface area (Å²) in [5.74, 6) is -2.57. The van der Waals surface area contributed by atoms with E-state index >= 15 is 0 Å². The van der Waals surface area contributed by atoms with Crippen LogP contribution < -0.4 is 4.72 Å². The molecule has 0 bridgehead atoms. The molecule has 2 aromatic carbocycles. The van der Waals surface area contributed by atoms with Crippen LogP contribution in [0.5, 0.6) is 0 Å². The number of nitrogens with one attached hydrogen (secondary N) is 1. The molecule has 4 rings (SSSR count). The molecule has 0 radical (unpaired) electrons. The quantitative estimate of drug-likeness (QED) is 0.332. The van der Waals surface area contributed by atoms with Gasteiger partial charge >= 0.3 is 6.18 Å². The molecule has 1 aliphatic heterocycles. The van der Waals surface area contributed by atoms with Crippen LogP contribution in [0, 0.1) is 5.82 Å². The van der Waals surface area contributed by atoms with Crippen molar-refractivity contribution in [3.63, 3.8) is 0 Å². The standard InChI is InChI=1S/C24H22F4N4O4S2/c1-23(2,3)30-38(35,36)13-31-21(33)20(37-22(31)34)9-14-4-7-19-16(8-14)11-29-32(19)12-15-5-6-17(25)10-18(15)24(26,27)28/h4-11,30H,12-13H2,1-3H3/b20-9-. The summed E-state index contributed by atoms with van der Waals surface area (Å²) in [5.41, 5.74) is -1.05. The summed E-state index contributed by atoms with van der Waals surface area (Å²) in [4.78, 5) is 25.8. The fourth-order valence-corrected chi connectivity index (χ4v) is 6.36. The molecule has 8 nitrogen and oxygen atoms in total. The Balaban J connectivity index is 1.57. The fraction of sp³-hybridized carbons (Fsp3) is 0.292. The van der Waals surface area contributed by atoms with Crippen LogP contribution in [0.2, 0.25) is 0 Å². The highest BCUT2D eigenvalue weighted by molar-refractivity contribution is 8.18. The number of rotatable bonds is 6. The minimum Gasteiger partial charge on any atom is -0.268 e. The minimum atomic E-state index is -4.74. The summed E-state index contributed by atoms with van der Waals surface area (Å²) in [6.07, 6.45) is -1.88. The fourth-order valence-electron chi connectivity index (χ4n) is 3.86. The molecule has 0 aliphatic carbocycles.